The molecule has 2 rings (SSSR count). The van der Waals surface area contributed by atoms with Gasteiger partial charge in [-0.15, -0.1) is 0 Å². The van der Waals surface area contributed by atoms with Crippen LogP contribution in [0.15, 0.2) is 23.4 Å². The van der Waals surface area contributed by atoms with Crippen LogP contribution in [0.2, 0.25) is 0 Å². The summed E-state index contributed by atoms with van der Waals surface area (Å²) >= 11 is -2.08. The predicted molar refractivity (Wildman–Crippen MR) is 51.7 cm³/mol. The van der Waals surface area contributed by atoms with Gasteiger partial charge in [-0.2, -0.15) is 0 Å². The summed E-state index contributed by atoms with van der Waals surface area (Å²) in [5, 5.41) is 0.0493. The van der Waals surface area contributed by atoms with Gasteiger partial charge in [0.05, 0.1) is 18.1 Å². The Morgan fingerprint density at radius 2 is 2.36 bits per heavy atom. The standard InChI is InChI=1S/C8H8N2O3S/c1-13-5-2-3-6-7(4-5)10-8(9-6)14(11)12/h2-4H,1H3,(H,9,10)(H,11,12). The molecule has 6 heteroatoms. The van der Waals surface area contributed by atoms with Crippen LogP contribution < -0.4 is 4.74 Å². The summed E-state index contributed by atoms with van der Waals surface area (Å²) < 4.78 is 24.5. The number of rotatable bonds is 2. The second-order valence-corrected chi connectivity index (χ2v) is 3.56. The minimum Gasteiger partial charge on any atom is -0.497 e. The number of H-pyrrole nitrogens is 1. The third-order valence-corrected chi connectivity index (χ3v) is 2.36. The Bertz CT molecular complexity index is 494. The highest BCUT2D eigenvalue weighted by Gasteiger charge is 2.07. The molecule has 0 saturated carbocycles. The first-order valence-corrected chi connectivity index (χ1v) is 4.96. The lowest BCUT2D eigenvalue weighted by atomic mass is 10.3. The number of nitrogens with zero attached hydrogens (tertiary/aromatic N) is 1. The molecule has 2 N–H and O–H groups in total. The molecular formula is C8H8N2O3S. The van der Waals surface area contributed by atoms with Gasteiger partial charge >= 0.3 is 0 Å². The number of methoxy groups -OCH3 is 1. The zero-order valence-electron chi connectivity index (χ0n) is 7.35. The Labute approximate surface area is 82.4 Å². The Balaban J connectivity index is 2.60. The summed E-state index contributed by atoms with van der Waals surface area (Å²) in [4.78, 5) is 6.66. The fraction of sp³-hybridized carbons (Fsp3) is 0.125. The molecule has 0 aliphatic heterocycles. The molecule has 0 aliphatic carbocycles. The molecule has 1 aromatic carbocycles. The van der Waals surface area contributed by atoms with Gasteiger partial charge in [-0.1, -0.05) is 0 Å². The molecule has 2 aromatic rings. The number of nitrogens with one attached hydrogen (secondary N) is 1. The highest BCUT2D eigenvalue weighted by atomic mass is 32.2. The minimum absolute atomic E-state index is 0.0493. The largest absolute Gasteiger partial charge is 0.497 e. The first kappa shape index (κ1) is 9.17. The lowest BCUT2D eigenvalue weighted by molar-refractivity contribution is 0.415. The SMILES string of the molecule is COc1ccc2[nH]c(S(=O)O)nc2c1. The van der Waals surface area contributed by atoms with Crippen molar-refractivity contribution in [3.05, 3.63) is 18.2 Å². The summed E-state index contributed by atoms with van der Waals surface area (Å²) in [5.74, 6) is 0.666. The maximum absolute atomic E-state index is 10.7. The molecule has 1 aromatic heterocycles. The van der Waals surface area contributed by atoms with E-state index in [-0.39, 0.29) is 5.16 Å². The van der Waals surface area contributed by atoms with Crippen molar-refractivity contribution in [3.63, 3.8) is 0 Å². The van der Waals surface area contributed by atoms with Crippen LogP contribution in [0.25, 0.3) is 11.0 Å². The van der Waals surface area contributed by atoms with E-state index < -0.39 is 11.1 Å². The minimum atomic E-state index is -2.08. The van der Waals surface area contributed by atoms with Gasteiger partial charge in [-0.3, -0.25) is 4.55 Å². The van der Waals surface area contributed by atoms with E-state index in [1.54, 1.807) is 25.3 Å². The zero-order valence-corrected chi connectivity index (χ0v) is 8.17. The van der Waals surface area contributed by atoms with Crippen molar-refractivity contribution in [2.24, 2.45) is 0 Å². The summed E-state index contributed by atoms with van der Waals surface area (Å²) in [6, 6.07) is 5.20. The Morgan fingerprint density at radius 1 is 1.57 bits per heavy atom. The first-order chi connectivity index (χ1) is 6.70. The number of hydrogen-bond acceptors (Lipinski definition) is 3. The molecule has 0 saturated heterocycles. The molecule has 0 spiro atoms. The van der Waals surface area contributed by atoms with Gasteiger partial charge in [0.1, 0.15) is 5.75 Å². The summed E-state index contributed by atoms with van der Waals surface area (Å²) in [6.45, 7) is 0. The van der Waals surface area contributed by atoms with Gasteiger partial charge in [0.25, 0.3) is 0 Å². The fourth-order valence-electron chi connectivity index (χ4n) is 1.17. The molecule has 1 unspecified atom stereocenters. The predicted octanol–water partition coefficient (Wildman–Crippen LogP) is 1.15. The normalized spacial score (nSPS) is 13.0. The quantitative estimate of drug-likeness (QED) is 0.732. The van der Waals surface area contributed by atoms with Gasteiger partial charge in [0.2, 0.25) is 16.2 Å². The van der Waals surface area contributed by atoms with Gasteiger partial charge < -0.3 is 9.72 Å². The van der Waals surface area contributed by atoms with E-state index in [1.807, 2.05) is 0 Å². The molecule has 14 heavy (non-hydrogen) atoms. The number of ether oxygens (including phenoxy) is 1. The maximum atomic E-state index is 10.7. The van der Waals surface area contributed by atoms with Crippen LogP contribution in [0, 0.1) is 0 Å². The number of aromatic nitrogens is 2. The Kier molecular flexibility index (Phi) is 2.22. The van der Waals surface area contributed by atoms with Crippen molar-refractivity contribution < 1.29 is 13.5 Å². The van der Waals surface area contributed by atoms with Crippen molar-refractivity contribution in [1.29, 1.82) is 0 Å². The topological polar surface area (TPSA) is 75.2 Å². The number of aromatic amines is 1. The average molecular weight is 212 g/mol. The number of hydrogen-bond donors (Lipinski definition) is 2. The van der Waals surface area contributed by atoms with E-state index in [4.69, 9.17) is 9.29 Å². The molecule has 1 atom stereocenters. The Hall–Kier alpha value is -1.40. The van der Waals surface area contributed by atoms with Crippen LogP contribution in [-0.4, -0.2) is 25.8 Å². The van der Waals surface area contributed by atoms with E-state index >= 15 is 0 Å². The molecule has 1 heterocycles. The third kappa shape index (κ3) is 1.49. The van der Waals surface area contributed by atoms with Crippen molar-refractivity contribution >= 4 is 22.1 Å². The molecule has 74 valence electrons. The van der Waals surface area contributed by atoms with Crippen LogP contribution in [0.4, 0.5) is 0 Å². The molecule has 0 radical (unpaired) electrons. The summed E-state index contributed by atoms with van der Waals surface area (Å²) in [5.41, 5.74) is 1.32. The summed E-state index contributed by atoms with van der Waals surface area (Å²) in [7, 11) is 1.55. The van der Waals surface area contributed by atoms with Gasteiger partial charge in [0, 0.05) is 6.07 Å². The molecule has 0 fully saturated rings. The van der Waals surface area contributed by atoms with Crippen molar-refractivity contribution in [2.75, 3.05) is 7.11 Å². The van der Waals surface area contributed by atoms with Crippen LogP contribution >= 0.6 is 0 Å². The number of imidazole rings is 1. The van der Waals surface area contributed by atoms with E-state index in [0.717, 1.165) is 0 Å². The van der Waals surface area contributed by atoms with Gasteiger partial charge in [-0.25, -0.2) is 9.19 Å². The molecule has 0 aliphatic rings. The lowest BCUT2D eigenvalue weighted by Crippen LogP contribution is -1.89. The van der Waals surface area contributed by atoms with Crippen molar-refractivity contribution in [1.82, 2.24) is 9.97 Å². The molecular weight excluding hydrogens is 204 g/mol. The van der Waals surface area contributed by atoms with Crippen molar-refractivity contribution in [2.45, 2.75) is 5.16 Å². The van der Waals surface area contributed by atoms with E-state index in [0.29, 0.717) is 16.8 Å². The molecule has 0 bridgehead atoms. The maximum Gasteiger partial charge on any atom is 0.225 e. The smallest absolute Gasteiger partial charge is 0.225 e. The second kappa shape index (κ2) is 3.39. The Morgan fingerprint density at radius 3 is 3.00 bits per heavy atom. The van der Waals surface area contributed by atoms with E-state index in [2.05, 4.69) is 9.97 Å². The fourth-order valence-corrected chi connectivity index (χ4v) is 1.55. The molecule has 0 amide bonds. The van der Waals surface area contributed by atoms with Gasteiger partial charge in [-0.05, 0) is 12.1 Å². The van der Waals surface area contributed by atoms with Crippen LogP contribution in [-0.2, 0) is 11.1 Å². The number of fused-ring (bicyclic) bond motifs is 1. The van der Waals surface area contributed by atoms with Gasteiger partial charge in [0.15, 0.2) is 0 Å². The monoisotopic (exact) mass is 212 g/mol. The molecule has 5 nitrogen and oxygen atoms in total. The van der Waals surface area contributed by atoms with Crippen LogP contribution in [0.5, 0.6) is 5.75 Å². The zero-order chi connectivity index (χ0) is 10.1. The second-order valence-electron chi connectivity index (χ2n) is 2.67. The third-order valence-electron chi connectivity index (χ3n) is 1.83. The van der Waals surface area contributed by atoms with E-state index in [9.17, 15) is 4.21 Å². The lowest BCUT2D eigenvalue weighted by Gasteiger charge is -1.96. The van der Waals surface area contributed by atoms with E-state index in [1.165, 1.54) is 0 Å². The summed E-state index contributed by atoms with van der Waals surface area (Å²) in [6.07, 6.45) is 0. The van der Waals surface area contributed by atoms with Crippen LogP contribution in [0.3, 0.4) is 0 Å². The van der Waals surface area contributed by atoms with Crippen molar-refractivity contribution in [3.8, 4) is 5.75 Å². The number of benzene rings is 1. The average Bonchev–Trinajstić information content (AvgIpc) is 2.59. The highest BCUT2D eigenvalue weighted by molar-refractivity contribution is 7.79. The highest BCUT2D eigenvalue weighted by Crippen LogP contribution is 2.19. The van der Waals surface area contributed by atoms with Crippen LogP contribution in [0.1, 0.15) is 0 Å². The first-order valence-electron chi connectivity index (χ1n) is 3.85.